The minimum Gasteiger partial charge on any atom is -0.465 e. The Morgan fingerprint density at radius 3 is 2.81 bits per heavy atom. The summed E-state index contributed by atoms with van der Waals surface area (Å²) >= 11 is 0. The van der Waals surface area contributed by atoms with E-state index >= 15 is 0 Å². The lowest BCUT2D eigenvalue weighted by atomic mass is 10.0. The smallest absolute Gasteiger partial charge is 0.323 e. The number of nitrogens with two attached hydrogens (primary N) is 1. The molecule has 1 amide bonds. The predicted octanol–water partition coefficient (Wildman–Crippen LogP) is 0.279. The third-order valence-electron chi connectivity index (χ3n) is 2.82. The number of ether oxygens (including phenoxy) is 1. The number of carbonyl (C=O) groups is 2. The van der Waals surface area contributed by atoms with Crippen LogP contribution in [0.3, 0.4) is 0 Å². The molecule has 0 aromatic carbocycles. The molecule has 1 aliphatic rings. The van der Waals surface area contributed by atoms with Gasteiger partial charge in [0.25, 0.3) is 0 Å². The SMILES string of the molecule is CCOC(=O)C1CCCCN1CCC(N)=O. The highest BCUT2D eigenvalue weighted by Crippen LogP contribution is 2.18. The van der Waals surface area contributed by atoms with Crippen LogP contribution in [0, 0.1) is 0 Å². The number of hydrogen-bond acceptors (Lipinski definition) is 4. The highest BCUT2D eigenvalue weighted by Gasteiger charge is 2.29. The molecule has 0 saturated carbocycles. The Balaban J connectivity index is 2.49. The average Bonchev–Trinajstić information content (AvgIpc) is 2.27. The Hall–Kier alpha value is -1.10. The van der Waals surface area contributed by atoms with Gasteiger partial charge in [-0.2, -0.15) is 0 Å². The van der Waals surface area contributed by atoms with Crippen LogP contribution in [-0.4, -0.2) is 42.5 Å². The van der Waals surface area contributed by atoms with Crippen molar-refractivity contribution in [2.24, 2.45) is 5.73 Å². The Labute approximate surface area is 95.9 Å². The molecule has 2 N–H and O–H groups in total. The van der Waals surface area contributed by atoms with Crippen molar-refractivity contribution in [1.82, 2.24) is 4.90 Å². The highest BCUT2D eigenvalue weighted by atomic mass is 16.5. The molecule has 0 aromatic rings. The maximum atomic E-state index is 11.7. The molecule has 1 unspecified atom stereocenters. The van der Waals surface area contributed by atoms with Crippen LogP contribution in [0.4, 0.5) is 0 Å². The molecule has 0 aliphatic carbocycles. The lowest BCUT2D eigenvalue weighted by molar-refractivity contribution is -0.151. The molecule has 0 bridgehead atoms. The molecule has 92 valence electrons. The fraction of sp³-hybridized carbons (Fsp3) is 0.818. The van der Waals surface area contributed by atoms with Gasteiger partial charge in [-0.3, -0.25) is 14.5 Å². The van der Waals surface area contributed by atoms with E-state index in [1.165, 1.54) is 0 Å². The lowest BCUT2D eigenvalue weighted by Crippen LogP contribution is -2.46. The molecule has 1 aliphatic heterocycles. The van der Waals surface area contributed by atoms with Crippen molar-refractivity contribution < 1.29 is 14.3 Å². The van der Waals surface area contributed by atoms with Crippen LogP contribution in [0.5, 0.6) is 0 Å². The van der Waals surface area contributed by atoms with Crippen molar-refractivity contribution in [1.29, 1.82) is 0 Å². The topological polar surface area (TPSA) is 72.6 Å². The van der Waals surface area contributed by atoms with E-state index in [1.54, 1.807) is 6.92 Å². The minimum atomic E-state index is -0.326. The van der Waals surface area contributed by atoms with Gasteiger partial charge in [-0.1, -0.05) is 6.42 Å². The summed E-state index contributed by atoms with van der Waals surface area (Å²) in [7, 11) is 0. The molecule has 1 heterocycles. The molecular formula is C11H20N2O3. The van der Waals surface area contributed by atoms with Gasteiger partial charge in [0.2, 0.25) is 5.91 Å². The summed E-state index contributed by atoms with van der Waals surface area (Å²) in [6, 6.07) is -0.187. The summed E-state index contributed by atoms with van der Waals surface area (Å²) in [4.78, 5) is 24.4. The first-order chi connectivity index (χ1) is 7.65. The molecule has 1 saturated heterocycles. The van der Waals surface area contributed by atoms with Crippen LogP contribution in [-0.2, 0) is 14.3 Å². The minimum absolute atomic E-state index is 0.174. The van der Waals surface area contributed by atoms with Crippen molar-refractivity contribution in [3.05, 3.63) is 0 Å². The van der Waals surface area contributed by atoms with Gasteiger partial charge in [0.05, 0.1) is 6.61 Å². The molecular weight excluding hydrogens is 208 g/mol. The normalized spacial score (nSPS) is 21.7. The van der Waals surface area contributed by atoms with E-state index in [2.05, 4.69) is 0 Å². The first-order valence-electron chi connectivity index (χ1n) is 5.84. The fourth-order valence-corrected chi connectivity index (χ4v) is 2.02. The molecule has 5 heteroatoms. The second-order valence-corrected chi connectivity index (χ2v) is 4.02. The third-order valence-corrected chi connectivity index (χ3v) is 2.82. The average molecular weight is 228 g/mol. The summed E-state index contributed by atoms with van der Waals surface area (Å²) in [6.45, 7) is 3.60. The number of hydrogen-bond donors (Lipinski definition) is 1. The summed E-state index contributed by atoms with van der Waals surface area (Å²) in [6.07, 6.45) is 3.22. The second-order valence-electron chi connectivity index (χ2n) is 4.02. The van der Waals surface area contributed by atoms with E-state index in [4.69, 9.17) is 10.5 Å². The molecule has 1 rings (SSSR count). The Morgan fingerprint density at radius 1 is 1.44 bits per heavy atom. The van der Waals surface area contributed by atoms with Gasteiger partial charge in [0, 0.05) is 13.0 Å². The van der Waals surface area contributed by atoms with Gasteiger partial charge in [0.1, 0.15) is 6.04 Å². The summed E-state index contributed by atoms with van der Waals surface area (Å²) < 4.78 is 5.02. The number of amides is 1. The monoisotopic (exact) mass is 228 g/mol. The third kappa shape index (κ3) is 3.81. The summed E-state index contributed by atoms with van der Waals surface area (Å²) in [5.74, 6) is -0.500. The van der Waals surface area contributed by atoms with E-state index in [0.29, 0.717) is 19.6 Å². The van der Waals surface area contributed by atoms with Crippen molar-refractivity contribution in [2.75, 3.05) is 19.7 Å². The van der Waals surface area contributed by atoms with Gasteiger partial charge in [0.15, 0.2) is 0 Å². The quantitative estimate of drug-likeness (QED) is 0.686. The van der Waals surface area contributed by atoms with Gasteiger partial charge < -0.3 is 10.5 Å². The molecule has 5 nitrogen and oxygen atoms in total. The highest BCUT2D eigenvalue weighted by molar-refractivity contribution is 5.76. The molecule has 0 aromatic heterocycles. The number of primary amides is 1. The van der Waals surface area contributed by atoms with E-state index in [9.17, 15) is 9.59 Å². The van der Waals surface area contributed by atoms with Gasteiger partial charge in [-0.25, -0.2) is 0 Å². The first-order valence-corrected chi connectivity index (χ1v) is 5.84. The van der Waals surface area contributed by atoms with Crippen molar-refractivity contribution in [3.8, 4) is 0 Å². The van der Waals surface area contributed by atoms with Crippen molar-refractivity contribution >= 4 is 11.9 Å². The summed E-state index contributed by atoms with van der Waals surface area (Å²) in [5.41, 5.74) is 5.11. The zero-order chi connectivity index (χ0) is 12.0. The number of esters is 1. The van der Waals surface area contributed by atoms with Crippen molar-refractivity contribution in [3.63, 3.8) is 0 Å². The number of nitrogens with zero attached hydrogens (tertiary/aromatic N) is 1. The zero-order valence-corrected chi connectivity index (χ0v) is 9.78. The van der Waals surface area contributed by atoms with E-state index in [1.807, 2.05) is 4.90 Å². The van der Waals surface area contributed by atoms with Crippen LogP contribution in [0.15, 0.2) is 0 Å². The number of likely N-dealkylation sites (tertiary alicyclic amines) is 1. The van der Waals surface area contributed by atoms with E-state index in [0.717, 1.165) is 25.8 Å². The predicted molar refractivity (Wildman–Crippen MR) is 59.7 cm³/mol. The second kappa shape index (κ2) is 6.48. The van der Waals surface area contributed by atoms with Gasteiger partial charge in [-0.15, -0.1) is 0 Å². The fourth-order valence-electron chi connectivity index (χ4n) is 2.02. The van der Waals surface area contributed by atoms with Crippen LogP contribution in [0.1, 0.15) is 32.6 Å². The Bertz CT molecular complexity index is 256. The number of carbonyl (C=O) groups excluding carboxylic acids is 2. The van der Waals surface area contributed by atoms with Crippen LogP contribution < -0.4 is 5.73 Å². The number of rotatable bonds is 5. The van der Waals surface area contributed by atoms with Gasteiger partial charge in [-0.05, 0) is 26.3 Å². The molecule has 0 radical (unpaired) electrons. The van der Waals surface area contributed by atoms with Crippen LogP contribution in [0.2, 0.25) is 0 Å². The van der Waals surface area contributed by atoms with Crippen LogP contribution in [0.25, 0.3) is 0 Å². The standard InChI is InChI=1S/C11H20N2O3/c1-2-16-11(15)9-5-3-4-7-13(9)8-6-10(12)14/h9H,2-8H2,1H3,(H2,12,14). The molecule has 0 spiro atoms. The lowest BCUT2D eigenvalue weighted by Gasteiger charge is -2.33. The van der Waals surface area contributed by atoms with Crippen molar-refractivity contribution in [2.45, 2.75) is 38.6 Å². The van der Waals surface area contributed by atoms with Crippen LogP contribution >= 0.6 is 0 Å². The Morgan fingerprint density at radius 2 is 2.19 bits per heavy atom. The van der Waals surface area contributed by atoms with E-state index in [-0.39, 0.29) is 17.9 Å². The molecule has 1 fully saturated rings. The maximum Gasteiger partial charge on any atom is 0.323 e. The number of piperidine rings is 1. The van der Waals surface area contributed by atoms with E-state index < -0.39 is 0 Å². The largest absolute Gasteiger partial charge is 0.465 e. The Kier molecular flexibility index (Phi) is 5.25. The zero-order valence-electron chi connectivity index (χ0n) is 9.78. The molecule has 16 heavy (non-hydrogen) atoms. The first kappa shape index (κ1) is 13.0. The summed E-state index contributed by atoms with van der Waals surface area (Å²) in [5, 5.41) is 0. The van der Waals surface area contributed by atoms with Gasteiger partial charge >= 0.3 is 5.97 Å². The maximum absolute atomic E-state index is 11.7. The molecule has 1 atom stereocenters.